The molecule has 2 aliphatic heterocycles. The van der Waals surface area contributed by atoms with Gasteiger partial charge in [-0.3, -0.25) is 0 Å². The first-order valence-corrected chi connectivity index (χ1v) is 8.57. The van der Waals surface area contributed by atoms with Gasteiger partial charge in [0.05, 0.1) is 13.2 Å². The van der Waals surface area contributed by atoms with E-state index in [0.717, 1.165) is 25.9 Å². The molecule has 130 valence electrons. The zero-order valence-electron chi connectivity index (χ0n) is 14.9. The molecular weight excluding hydrogens is 284 g/mol. The first-order valence-electron chi connectivity index (χ1n) is 8.57. The third-order valence-electron chi connectivity index (χ3n) is 4.74. The van der Waals surface area contributed by atoms with Gasteiger partial charge in [0, 0.05) is 6.61 Å². The van der Waals surface area contributed by atoms with Crippen LogP contribution in [0.4, 0.5) is 0 Å². The van der Waals surface area contributed by atoms with Gasteiger partial charge in [0.15, 0.2) is 11.6 Å². The van der Waals surface area contributed by atoms with Crippen LogP contribution in [0.25, 0.3) is 0 Å². The minimum atomic E-state index is -0.594. The number of ether oxygens (including phenoxy) is 5. The van der Waals surface area contributed by atoms with Gasteiger partial charge in [-0.25, -0.2) is 0 Å². The van der Waals surface area contributed by atoms with Gasteiger partial charge < -0.3 is 23.7 Å². The second-order valence-corrected chi connectivity index (χ2v) is 6.95. The summed E-state index contributed by atoms with van der Waals surface area (Å²) in [6.07, 6.45) is 2.26. The summed E-state index contributed by atoms with van der Waals surface area (Å²) < 4.78 is 30.3. The van der Waals surface area contributed by atoms with E-state index >= 15 is 0 Å². The van der Waals surface area contributed by atoms with Gasteiger partial charge in [-0.05, 0) is 40.0 Å². The molecule has 5 nitrogen and oxygen atoms in total. The summed E-state index contributed by atoms with van der Waals surface area (Å²) in [6.45, 7) is 14.0. The summed E-state index contributed by atoms with van der Waals surface area (Å²) in [6, 6.07) is 0. The summed E-state index contributed by atoms with van der Waals surface area (Å²) in [4.78, 5) is 0. The van der Waals surface area contributed by atoms with Crippen molar-refractivity contribution in [1.29, 1.82) is 0 Å². The second kappa shape index (κ2) is 6.73. The topological polar surface area (TPSA) is 46.2 Å². The Morgan fingerprint density at radius 1 is 1.00 bits per heavy atom. The summed E-state index contributed by atoms with van der Waals surface area (Å²) in [5.41, 5.74) is -0.521. The maximum atomic E-state index is 6.28. The molecule has 22 heavy (non-hydrogen) atoms. The van der Waals surface area contributed by atoms with E-state index in [1.54, 1.807) is 0 Å². The molecule has 2 saturated heterocycles. The first kappa shape index (κ1) is 18.1. The van der Waals surface area contributed by atoms with Gasteiger partial charge in [0.2, 0.25) is 0 Å². The van der Waals surface area contributed by atoms with Crippen LogP contribution >= 0.6 is 0 Å². The molecule has 0 amide bonds. The zero-order chi connectivity index (χ0) is 16.4. The van der Waals surface area contributed by atoms with Gasteiger partial charge in [-0.2, -0.15) is 0 Å². The Morgan fingerprint density at radius 3 is 2.23 bits per heavy atom. The highest BCUT2D eigenvalue weighted by Crippen LogP contribution is 2.43. The minimum absolute atomic E-state index is 0.131. The summed E-state index contributed by atoms with van der Waals surface area (Å²) in [7, 11) is 0. The number of hydrogen-bond donors (Lipinski definition) is 0. The molecule has 0 aromatic carbocycles. The Morgan fingerprint density at radius 2 is 1.68 bits per heavy atom. The molecule has 5 unspecified atom stereocenters. The smallest absolute Gasteiger partial charge is 0.166 e. The van der Waals surface area contributed by atoms with Crippen LogP contribution < -0.4 is 0 Å². The molecule has 2 rings (SSSR count). The third-order valence-corrected chi connectivity index (χ3v) is 4.74. The molecule has 0 radical (unpaired) electrons. The molecule has 2 fully saturated rings. The van der Waals surface area contributed by atoms with E-state index in [9.17, 15) is 0 Å². The molecule has 0 bridgehead atoms. The van der Waals surface area contributed by atoms with Gasteiger partial charge in [0.1, 0.15) is 17.8 Å². The van der Waals surface area contributed by atoms with Crippen LogP contribution in [0.5, 0.6) is 0 Å². The summed E-state index contributed by atoms with van der Waals surface area (Å²) in [5.74, 6) is -1.12. The van der Waals surface area contributed by atoms with Crippen molar-refractivity contribution in [1.82, 2.24) is 0 Å². The number of rotatable bonds is 7. The monoisotopic (exact) mass is 316 g/mol. The standard InChI is InChI=1S/C17H32O5/c1-7-10-18-12-15(4)14(21-17(6,9-3)22-15)13-11-19-16(5,8-2)20-13/h13-14H,7-12H2,1-6H3. The average Bonchev–Trinajstić information content (AvgIpc) is 2.99. The van der Waals surface area contributed by atoms with Crippen molar-refractivity contribution in [2.45, 2.75) is 90.2 Å². The first-order chi connectivity index (χ1) is 10.3. The van der Waals surface area contributed by atoms with Gasteiger partial charge >= 0.3 is 0 Å². The third kappa shape index (κ3) is 3.65. The molecule has 0 aromatic rings. The predicted molar refractivity (Wildman–Crippen MR) is 83.7 cm³/mol. The highest BCUT2D eigenvalue weighted by molar-refractivity contribution is 5.00. The van der Waals surface area contributed by atoms with Crippen molar-refractivity contribution in [3.8, 4) is 0 Å². The SMILES string of the molecule is CCCOCC1(C)OC(C)(CC)OC1C1COC(C)(CC)O1. The van der Waals surface area contributed by atoms with E-state index in [0.29, 0.717) is 13.2 Å². The Labute approximate surface area is 134 Å². The van der Waals surface area contributed by atoms with Crippen molar-refractivity contribution < 1.29 is 23.7 Å². The van der Waals surface area contributed by atoms with Crippen LogP contribution in [0.15, 0.2) is 0 Å². The highest BCUT2D eigenvalue weighted by Gasteiger charge is 2.57. The van der Waals surface area contributed by atoms with Crippen LogP contribution in [0.3, 0.4) is 0 Å². The van der Waals surface area contributed by atoms with E-state index < -0.39 is 17.2 Å². The van der Waals surface area contributed by atoms with Gasteiger partial charge in [-0.15, -0.1) is 0 Å². The van der Waals surface area contributed by atoms with Crippen LogP contribution in [-0.2, 0) is 23.7 Å². The zero-order valence-corrected chi connectivity index (χ0v) is 14.9. The van der Waals surface area contributed by atoms with Crippen molar-refractivity contribution in [2.24, 2.45) is 0 Å². The van der Waals surface area contributed by atoms with Crippen molar-refractivity contribution in [3.05, 3.63) is 0 Å². The fourth-order valence-electron chi connectivity index (χ4n) is 3.11. The maximum Gasteiger partial charge on any atom is 0.166 e. The molecule has 0 aromatic heterocycles. The number of hydrogen-bond acceptors (Lipinski definition) is 5. The van der Waals surface area contributed by atoms with E-state index in [4.69, 9.17) is 23.7 Å². The molecule has 5 heteroatoms. The molecule has 0 saturated carbocycles. The molecule has 2 aliphatic rings. The largest absolute Gasteiger partial charge is 0.378 e. The summed E-state index contributed by atoms with van der Waals surface area (Å²) in [5, 5.41) is 0. The fraction of sp³-hybridized carbons (Fsp3) is 1.00. The minimum Gasteiger partial charge on any atom is -0.378 e. The van der Waals surface area contributed by atoms with Gasteiger partial charge in [-0.1, -0.05) is 20.8 Å². The van der Waals surface area contributed by atoms with Crippen molar-refractivity contribution in [2.75, 3.05) is 19.8 Å². The molecule has 5 atom stereocenters. The predicted octanol–water partition coefficient (Wildman–Crippen LogP) is 3.25. The average molecular weight is 316 g/mol. The Hall–Kier alpha value is -0.200. The van der Waals surface area contributed by atoms with E-state index in [-0.39, 0.29) is 12.2 Å². The van der Waals surface area contributed by atoms with Crippen molar-refractivity contribution >= 4 is 0 Å². The molecule has 0 spiro atoms. The van der Waals surface area contributed by atoms with Gasteiger partial charge in [0.25, 0.3) is 0 Å². The lowest BCUT2D eigenvalue weighted by Crippen LogP contribution is -2.49. The van der Waals surface area contributed by atoms with Crippen LogP contribution in [-0.4, -0.2) is 49.2 Å². The highest BCUT2D eigenvalue weighted by atomic mass is 16.8. The fourth-order valence-corrected chi connectivity index (χ4v) is 3.11. The molecular formula is C17H32O5. The normalized spacial score (nSPS) is 45.5. The Balaban J connectivity index is 2.11. The van der Waals surface area contributed by atoms with Crippen LogP contribution in [0.1, 0.15) is 60.8 Å². The van der Waals surface area contributed by atoms with E-state index in [1.807, 2.05) is 13.8 Å². The lowest BCUT2D eigenvalue weighted by Gasteiger charge is -2.32. The van der Waals surface area contributed by atoms with Crippen LogP contribution in [0.2, 0.25) is 0 Å². The summed E-state index contributed by atoms with van der Waals surface area (Å²) >= 11 is 0. The second-order valence-electron chi connectivity index (χ2n) is 6.95. The lowest BCUT2D eigenvalue weighted by molar-refractivity contribution is -0.192. The van der Waals surface area contributed by atoms with E-state index in [1.165, 1.54) is 0 Å². The molecule has 0 N–H and O–H groups in total. The lowest BCUT2D eigenvalue weighted by atomic mass is 9.96. The van der Waals surface area contributed by atoms with Crippen LogP contribution in [0, 0.1) is 0 Å². The molecule has 2 heterocycles. The maximum absolute atomic E-state index is 6.28. The molecule has 0 aliphatic carbocycles. The quantitative estimate of drug-likeness (QED) is 0.675. The Kier molecular flexibility index (Phi) is 5.55. The van der Waals surface area contributed by atoms with Crippen molar-refractivity contribution in [3.63, 3.8) is 0 Å². The Bertz CT molecular complexity index is 376. The van der Waals surface area contributed by atoms with E-state index in [2.05, 4.69) is 27.7 Å².